The third-order valence-electron chi connectivity index (χ3n) is 5.26. The van der Waals surface area contributed by atoms with Crippen LogP contribution < -0.4 is 14.8 Å². The molecule has 7 heteroatoms. The number of fused-ring (bicyclic) bond motifs is 6. The number of rotatable bonds is 5. The summed E-state index contributed by atoms with van der Waals surface area (Å²) < 4.78 is 10.7. The van der Waals surface area contributed by atoms with E-state index in [0.29, 0.717) is 24.0 Å². The maximum atomic E-state index is 6.19. The average molecular weight is 400 g/mol. The van der Waals surface area contributed by atoms with Crippen LogP contribution in [0.15, 0.2) is 24.3 Å². The first kappa shape index (κ1) is 16.8. The van der Waals surface area contributed by atoms with Crippen molar-refractivity contribution >= 4 is 44.5 Å². The van der Waals surface area contributed by atoms with Gasteiger partial charge in [-0.05, 0) is 47.7 Å². The number of anilines is 1. The zero-order chi connectivity index (χ0) is 18.5. The molecule has 0 fully saturated rings. The van der Waals surface area contributed by atoms with Gasteiger partial charge in [0, 0.05) is 22.9 Å². The van der Waals surface area contributed by atoms with Gasteiger partial charge in [-0.25, -0.2) is 9.97 Å². The van der Waals surface area contributed by atoms with Crippen LogP contribution >= 0.6 is 22.9 Å². The van der Waals surface area contributed by atoms with Gasteiger partial charge in [0.15, 0.2) is 11.5 Å². The van der Waals surface area contributed by atoms with Crippen LogP contribution in [-0.4, -0.2) is 24.2 Å². The smallest absolute Gasteiger partial charge is 0.225 e. The van der Waals surface area contributed by atoms with Crippen molar-refractivity contribution in [2.45, 2.75) is 25.3 Å². The molecule has 0 amide bonds. The summed E-state index contributed by atoms with van der Waals surface area (Å²) in [5.41, 5.74) is 3.85. The number of hydrogen-bond donors (Lipinski definition) is 1. The van der Waals surface area contributed by atoms with E-state index in [9.17, 15) is 0 Å². The van der Waals surface area contributed by atoms with Crippen LogP contribution in [0.2, 0.25) is 5.28 Å². The SMILES string of the molecule is COc1ccc(CNc2nc(Cl)nc3sc4c(c23)C2=CCCC24)cc1OC. The van der Waals surface area contributed by atoms with E-state index >= 15 is 0 Å². The molecule has 2 aliphatic carbocycles. The van der Waals surface area contributed by atoms with Gasteiger partial charge in [0.25, 0.3) is 0 Å². The molecule has 2 heterocycles. The molecule has 138 valence electrons. The number of ether oxygens (including phenoxy) is 2. The van der Waals surface area contributed by atoms with Gasteiger partial charge in [0.1, 0.15) is 10.6 Å². The Balaban J connectivity index is 1.50. The number of methoxy groups -OCH3 is 2. The summed E-state index contributed by atoms with van der Waals surface area (Å²) in [4.78, 5) is 11.3. The van der Waals surface area contributed by atoms with Crippen molar-refractivity contribution in [3.05, 3.63) is 45.6 Å². The van der Waals surface area contributed by atoms with Gasteiger partial charge >= 0.3 is 0 Å². The van der Waals surface area contributed by atoms with E-state index in [1.807, 2.05) is 18.2 Å². The Morgan fingerprint density at radius 3 is 2.89 bits per heavy atom. The van der Waals surface area contributed by atoms with E-state index in [-0.39, 0.29) is 5.28 Å². The van der Waals surface area contributed by atoms with Crippen molar-refractivity contribution in [1.29, 1.82) is 0 Å². The summed E-state index contributed by atoms with van der Waals surface area (Å²) in [6.07, 6.45) is 4.72. The minimum absolute atomic E-state index is 0.276. The fourth-order valence-corrected chi connectivity index (χ4v) is 5.57. The Hall–Kier alpha value is -2.31. The Kier molecular flexibility index (Phi) is 3.98. The molecule has 0 aliphatic heterocycles. The zero-order valence-electron chi connectivity index (χ0n) is 15.0. The predicted molar refractivity (Wildman–Crippen MR) is 109 cm³/mol. The lowest BCUT2D eigenvalue weighted by atomic mass is 9.80. The van der Waals surface area contributed by atoms with Crippen LogP contribution in [0.5, 0.6) is 11.5 Å². The van der Waals surface area contributed by atoms with Gasteiger partial charge < -0.3 is 14.8 Å². The number of nitrogens with zero attached hydrogens (tertiary/aromatic N) is 2. The Morgan fingerprint density at radius 2 is 2.07 bits per heavy atom. The number of halogens is 1. The van der Waals surface area contributed by atoms with Gasteiger partial charge in [-0.1, -0.05) is 12.1 Å². The van der Waals surface area contributed by atoms with Crippen molar-refractivity contribution in [2.24, 2.45) is 0 Å². The molecule has 5 rings (SSSR count). The minimum atomic E-state index is 0.276. The number of aromatic nitrogens is 2. The normalized spacial score (nSPS) is 17.1. The Labute approximate surface area is 166 Å². The number of benzene rings is 1. The standard InChI is InChI=1S/C20H18ClN3O2S/c1-25-13-7-6-10(8-14(13)26-2)9-22-18-16-15-11-4-3-5-12(11)17(15)27-19(16)24-20(21)23-18/h4,6-8,12H,3,5,9H2,1-2H3,(H,22,23,24). The summed E-state index contributed by atoms with van der Waals surface area (Å²) in [5.74, 6) is 2.81. The van der Waals surface area contributed by atoms with E-state index in [0.717, 1.165) is 28.0 Å². The molecular formula is C20H18ClN3O2S. The predicted octanol–water partition coefficient (Wildman–Crippen LogP) is 5.25. The van der Waals surface area contributed by atoms with Crippen LogP contribution in [0.1, 0.15) is 34.8 Å². The lowest BCUT2D eigenvalue weighted by Crippen LogP contribution is -2.10. The van der Waals surface area contributed by atoms with Crippen molar-refractivity contribution in [2.75, 3.05) is 19.5 Å². The average Bonchev–Trinajstić information content (AvgIpc) is 3.23. The largest absolute Gasteiger partial charge is 0.493 e. The molecule has 1 aromatic carbocycles. The molecular weight excluding hydrogens is 382 g/mol. The second kappa shape index (κ2) is 6.39. The van der Waals surface area contributed by atoms with E-state index in [2.05, 4.69) is 21.4 Å². The minimum Gasteiger partial charge on any atom is -0.493 e. The van der Waals surface area contributed by atoms with Gasteiger partial charge in [-0.15, -0.1) is 11.3 Å². The van der Waals surface area contributed by atoms with Crippen molar-refractivity contribution in [3.63, 3.8) is 0 Å². The van der Waals surface area contributed by atoms with Gasteiger partial charge in [-0.3, -0.25) is 0 Å². The molecule has 0 bridgehead atoms. The highest BCUT2D eigenvalue weighted by Crippen LogP contribution is 2.59. The molecule has 2 aliphatic rings. The van der Waals surface area contributed by atoms with Crippen molar-refractivity contribution in [1.82, 2.24) is 9.97 Å². The molecule has 0 saturated heterocycles. The van der Waals surface area contributed by atoms with Gasteiger partial charge in [0.05, 0.1) is 19.6 Å². The fourth-order valence-electron chi connectivity index (χ4n) is 4.00. The molecule has 27 heavy (non-hydrogen) atoms. The molecule has 0 spiro atoms. The molecule has 1 atom stereocenters. The van der Waals surface area contributed by atoms with E-state index in [4.69, 9.17) is 21.1 Å². The first-order valence-electron chi connectivity index (χ1n) is 8.84. The summed E-state index contributed by atoms with van der Waals surface area (Å²) in [6, 6.07) is 5.88. The first-order chi connectivity index (χ1) is 13.2. The van der Waals surface area contributed by atoms with E-state index in [1.165, 1.54) is 22.4 Å². The number of hydrogen-bond acceptors (Lipinski definition) is 6. The quantitative estimate of drug-likeness (QED) is 0.594. The zero-order valence-corrected chi connectivity index (χ0v) is 16.6. The molecule has 1 unspecified atom stereocenters. The van der Waals surface area contributed by atoms with E-state index in [1.54, 1.807) is 25.6 Å². The lowest BCUT2D eigenvalue weighted by molar-refractivity contribution is 0.354. The maximum Gasteiger partial charge on any atom is 0.225 e. The molecule has 5 nitrogen and oxygen atoms in total. The Bertz CT molecular complexity index is 1090. The highest BCUT2D eigenvalue weighted by atomic mass is 35.5. The van der Waals surface area contributed by atoms with Crippen LogP contribution in [0, 0.1) is 0 Å². The number of thiophene rings is 1. The third-order valence-corrected chi connectivity index (χ3v) is 6.63. The second-order valence-electron chi connectivity index (χ2n) is 6.70. The third kappa shape index (κ3) is 2.58. The Morgan fingerprint density at radius 1 is 1.22 bits per heavy atom. The maximum absolute atomic E-state index is 6.19. The molecule has 0 radical (unpaired) electrons. The molecule has 0 saturated carbocycles. The highest BCUT2D eigenvalue weighted by molar-refractivity contribution is 7.19. The fraction of sp³-hybridized carbons (Fsp3) is 0.300. The first-order valence-corrected chi connectivity index (χ1v) is 10.0. The topological polar surface area (TPSA) is 56.3 Å². The van der Waals surface area contributed by atoms with E-state index < -0.39 is 0 Å². The molecule has 1 N–H and O–H groups in total. The molecule has 3 aromatic rings. The number of allylic oxidation sites excluding steroid dienone is 2. The molecule has 2 aromatic heterocycles. The van der Waals surface area contributed by atoms with Crippen LogP contribution in [0.4, 0.5) is 5.82 Å². The van der Waals surface area contributed by atoms with Gasteiger partial charge in [0.2, 0.25) is 5.28 Å². The van der Waals surface area contributed by atoms with Crippen LogP contribution in [0.25, 0.3) is 15.8 Å². The highest BCUT2D eigenvalue weighted by Gasteiger charge is 2.39. The van der Waals surface area contributed by atoms with Crippen molar-refractivity contribution < 1.29 is 9.47 Å². The second-order valence-corrected chi connectivity index (χ2v) is 8.06. The summed E-state index contributed by atoms with van der Waals surface area (Å²) in [5, 5.41) is 4.83. The van der Waals surface area contributed by atoms with Crippen LogP contribution in [-0.2, 0) is 6.54 Å². The van der Waals surface area contributed by atoms with Gasteiger partial charge in [-0.2, -0.15) is 0 Å². The summed E-state index contributed by atoms with van der Waals surface area (Å²) in [6.45, 7) is 0.607. The van der Waals surface area contributed by atoms with Crippen molar-refractivity contribution in [3.8, 4) is 11.5 Å². The lowest BCUT2D eigenvalue weighted by Gasteiger charge is -2.26. The monoisotopic (exact) mass is 399 g/mol. The summed E-state index contributed by atoms with van der Waals surface area (Å²) >= 11 is 7.94. The number of nitrogens with one attached hydrogen (secondary N) is 1. The van der Waals surface area contributed by atoms with Crippen LogP contribution in [0.3, 0.4) is 0 Å². The summed E-state index contributed by atoms with van der Waals surface area (Å²) in [7, 11) is 3.27.